The molecule has 1 aromatic heterocycles. The Kier molecular flexibility index (Phi) is 3.42. The standard InChI is InChI=1S/C11H8BrN3O3/c12-6-1-2-8(16)7(5-6)11(18)13-9-3-4-10(17)15-14-9/h1-5,16H,(H,15,17)(H,13,14,18). The lowest BCUT2D eigenvalue weighted by Gasteiger charge is -2.05. The SMILES string of the molecule is O=C(Nc1ccc(=O)[nH]n1)c1cc(Br)ccc1O. The Hall–Kier alpha value is -2.15. The van der Waals surface area contributed by atoms with Gasteiger partial charge in [-0.15, -0.1) is 0 Å². The summed E-state index contributed by atoms with van der Waals surface area (Å²) in [5, 5.41) is 17.8. The molecule has 2 aromatic rings. The molecule has 1 heterocycles. The third kappa shape index (κ3) is 2.75. The number of rotatable bonds is 2. The number of aromatic hydroxyl groups is 1. The molecule has 0 unspecified atom stereocenters. The van der Waals surface area contributed by atoms with Crippen molar-refractivity contribution in [2.75, 3.05) is 5.32 Å². The third-order valence-electron chi connectivity index (χ3n) is 2.12. The number of carbonyl (C=O) groups excluding carboxylic acids is 1. The van der Waals surface area contributed by atoms with E-state index in [1.54, 1.807) is 6.07 Å². The molecule has 0 spiro atoms. The Morgan fingerprint density at radius 1 is 1.33 bits per heavy atom. The highest BCUT2D eigenvalue weighted by molar-refractivity contribution is 9.10. The molecule has 18 heavy (non-hydrogen) atoms. The van der Waals surface area contributed by atoms with Gasteiger partial charge in [-0.2, -0.15) is 5.10 Å². The van der Waals surface area contributed by atoms with Crippen molar-refractivity contribution in [3.8, 4) is 5.75 Å². The summed E-state index contributed by atoms with van der Waals surface area (Å²) in [5.41, 5.74) is -0.254. The number of halogens is 1. The van der Waals surface area contributed by atoms with E-state index in [-0.39, 0.29) is 22.7 Å². The molecule has 3 N–H and O–H groups in total. The molecule has 92 valence electrons. The van der Waals surface area contributed by atoms with Crippen molar-refractivity contribution < 1.29 is 9.90 Å². The van der Waals surface area contributed by atoms with Crippen LogP contribution in [0.3, 0.4) is 0 Å². The number of phenolic OH excluding ortho intramolecular Hbond substituents is 1. The van der Waals surface area contributed by atoms with Crippen LogP contribution in [0.4, 0.5) is 5.82 Å². The van der Waals surface area contributed by atoms with Gasteiger partial charge < -0.3 is 10.4 Å². The average Bonchev–Trinajstić information content (AvgIpc) is 2.35. The number of aromatic amines is 1. The van der Waals surface area contributed by atoms with Gasteiger partial charge in [0.05, 0.1) is 5.56 Å². The van der Waals surface area contributed by atoms with Crippen LogP contribution in [0.25, 0.3) is 0 Å². The van der Waals surface area contributed by atoms with Crippen molar-refractivity contribution >= 4 is 27.7 Å². The van der Waals surface area contributed by atoms with Gasteiger partial charge in [0, 0.05) is 10.5 Å². The van der Waals surface area contributed by atoms with E-state index >= 15 is 0 Å². The summed E-state index contributed by atoms with van der Waals surface area (Å²) in [4.78, 5) is 22.6. The van der Waals surface area contributed by atoms with Gasteiger partial charge in [-0.3, -0.25) is 9.59 Å². The summed E-state index contributed by atoms with van der Waals surface area (Å²) in [6.45, 7) is 0. The van der Waals surface area contributed by atoms with E-state index in [0.717, 1.165) is 0 Å². The van der Waals surface area contributed by atoms with Gasteiger partial charge in [-0.25, -0.2) is 5.10 Å². The highest BCUT2D eigenvalue weighted by Crippen LogP contribution is 2.22. The fraction of sp³-hybridized carbons (Fsp3) is 0. The Morgan fingerprint density at radius 3 is 2.78 bits per heavy atom. The molecular weight excluding hydrogens is 302 g/mol. The molecule has 6 nitrogen and oxygen atoms in total. The minimum Gasteiger partial charge on any atom is -0.507 e. The summed E-state index contributed by atoms with van der Waals surface area (Å²) in [7, 11) is 0. The number of anilines is 1. The Balaban J connectivity index is 2.24. The van der Waals surface area contributed by atoms with Crippen LogP contribution >= 0.6 is 15.9 Å². The first-order valence-corrected chi connectivity index (χ1v) is 5.71. The van der Waals surface area contributed by atoms with Crippen LogP contribution in [0.2, 0.25) is 0 Å². The van der Waals surface area contributed by atoms with Gasteiger partial charge in [0.2, 0.25) is 0 Å². The van der Waals surface area contributed by atoms with Gasteiger partial charge in [0.15, 0.2) is 5.82 Å². The second-order valence-electron chi connectivity index (χ2n) is 3.42. The normalized spacial score (nSPS) is 10.1. The molecule has 0 saturated heterocycles. The lowest BCUT2D eigenvalue weighted by molar-refractivity contribution is 0.102. The van der Waals surface area contributed by atoms with Crippen LogP contribution in [0.1, 0.15) is 10.4 Å². The van der Waals surface area contributed by atoms with E-state index in [4.69, 9.17) is 0 Å². The predicted molar refractivity (Wildman–Crippen MR) is 68.6 cm³/mol. The van der Waals surface area contributed by atoms with Gasteiger partial charge in [-0.1, -0.05) is 15.9 Å². The first-order chi connectivity index (χ1) is 8.56. The monoisotopic (exact) mass is 309 g/mol. The maximum absolute atomic E-state index is 11.8. The number of amides is 1. The van der Waals surface area contributed by atoms with Gasteiger partial charge >= 0.3 is 0 Å². The number of nitrogens with one attached hydrogen (secondary N) is 2. The van der Waals surface area contributed by atoms with Crippen LogP contribution in [-0.2, 0) is 0 Å². The molecule has 7 heteroatoms. The number of benzene rings is 1. The first kappa shape index (κ1) is 12.3. The van der Waals surface area contributed by atoms with Crippen molar-refractivity contribution in [2.45, 2.75) is 0 Å². The number of phenols is 1. The summed E-state index contributed by atoms with van der Waals surface area (Å²) in [5.74, 6) is -0.465. The van der Waals surface area contributed by atoms with Crippen molar-refractivity contribution in [3.63, 3.8) is 0 Å². The van der Waals surface area contributed by atoms with E-state index in [1.165, 1.54) is 24.3 Å². The Bertz CT molecular complexity index is 634. The van der Waals surface area contributed by atoms with Crippen LogP contribution in [0.15, 0.2) is 39.6 Å². The quantitative estimate of drug-likeness (QED) is 0.783. The Morgan fingerprint density at radius 2 is 2.11 bits per heavy atom. The van der Waals surface area contributed by atoms with Gasteiger partial charge in [0.1, 0.15) is 5.75 Å². The fourth-order valence-corrected chi connectivity index (χ4v) is 1.65. The summed E-state index contributed by atoms with van der Waals surface area (Å²) >= 11 is 3.21. The van der Waals surface area contributed by atoms with Crippen LogP contribution in [0, 0.1) is 0 Å². The summed E-state index contributed by atoms with van der Waals surface area (Å²) < 4.78 is 0.667. The second kappa shape index (κ2) is 5.01. The summed E-state index contributed by atoms with van der Waals surface area (Å²) in [6, 6.07) is 7.11. The molecular formula is C11H8BrN3O3. The minimum absolute atomic E-state index is 0.109. The Labute approximate surface area is 110 Å². The average molecular weight is 310 g/mol. The first-order valence-electron chi connectivity index (χ1n) is 4.92. The van der Waals surface area contributed by atoms with Gasteiger partial charge in [-0.05, 0) is 24.3 Å². The number of hydrogen-bond donors (Lipinski definition) is 3. The third-order valence-corrected chi connectivity index (χ3v) is 2.62. The fourth-order valence-electron chi connectivity index (χ4n) is 1.29. The zero-order valence-corrected chi connectivity index (χ0v) is 10.6. The van der Waals surface area contributed by atoms with E-state index in [2.05, 4.69) is 31.4 Å². The van der Waals surface area contributed by atoms with Crippen LogP contribution in [0.5, 0.6) is 5.75 Å². The lowest BCUT2D eigenvalue weighted by Crippen LogP contribution is -2.15. The molecule has 2 rings (SSSR count). The zero-order chi connectivity index (χ0) is 13.1. The number of H-pyrrole nitrogens is 1. The maximum atomic E-state index is 11.8. The predicted octanol–water partition coefficient (Wildman–Crippen LogP) is 1.49. The van der Waals surface area contributed by atoms with Gasteiger partial charge in [0.25, 0.3) is 11.5 Å². The molecule has 0 fully saturated rings. The molecule has 1 aromatic carbocycles. The largest absolute Gasteiger partial charge is 0.507 e. The molecule has 1 amide bonds. The van der Waals surface area contributed by atoms with E-state index in [1.807, 2.05) is 0 Å². The molecule has 0 radical (unpaired) electrons. The highest BCUT2D eigenvalue weighted by Gasteiger charge is 2.12. The molecule has 0 bridgehead atoms. The van der Waals surface area contributed by atoms with Crippen LogP contribution < -0.4 is 10.9 Å². The molecule has 0 aliphatic carbocycles. The molecule has 0 atom stereocenters. The number of nitrogens with zero attached hydrogens (tertiary/aromatic N) is 1. The van der Waals surface area contributed by atoms with Crippen molar-refractivity contribution in [1.29, 1.82) is 0 Å². The zero-order valence-electron chi connectivity index (χ0n) is 8.98. The number of carbonyl (C=O) groups is 1. The van der Waals surface area contributed by atoms with Crippen LogP contribution in [-0.4, -0.2) is 21.2 Å². The van der Waals surface area contributed by atoms with E-state index < -0.39 is 5.91 Å². The van der Waals surface area contributed by atoms with E-state index in [0.29, 0.717) is 4.47 Å². The highest BCUT2D eigenvalue weighted by atomic mass is 79.9. The molecule has 0 saturated carbocycles. The number of aromatic nitrogens is 2. The lowest BCUT2D eigenvalue weighted by atomic mass is 10.2. The number of hydrogen-bond acceptors (Lipinski definition) is 4. The topological polar surface area (TPSA) is 95.1 Å². The van der Waals surface area contributed by atoms with Crippen molar-refractivity contribution in [1.82, 2.24) is 10.2 Å². The molecule has 0 aliphatic rings. The van der Waals surface area contributed by atoms with Crippen molar-refractivity contribution in [3.05, 3.63) is 50.7 Å². The van der Waals surface area contributed by atoms with Crippen molar-refractivity contribution in [2.24, 2.45) is 0 Å². The summed E-state index contributed by atoms with van der Waals surface area (Å²) in [6.07, 6.45) is 0. The van der Waals surface area contributed by atoms with E-state index in [9.17, 15) is 14.7 Å². The minimum atomic E-state index is -0.520. The molecule has 0 aliphatic heterocycles. The smallest absolute Gasteiger partial charge is 0.264 e. The maximum Gasteiger partial charge on any atom is 0.264 e. The second-order valence-corrected chi connectivity index (χ2v) is 4.34.